The molecule has 1 unspecified atom stereocenters. The fourth-order valence-corrected chi connectivity index (χ4v) is 3.48. The number of halogens is 6. The predicted molar refractivity (Wildman–Crippen MR) is 105 cm³/mol. The van der Waals surface area contributed by atoms with Crippen LogP contribution in [0.4, 0.5) is 26.3 Å². The number of nitrogens with one attached hydrogen (secondary N) is 2. The zero-order valence-corrected chi connectivity index (χ0v) is 16.3. The molecule has 0 spiro atoms. The quantitative estimate of drug-likeness (QED) is 0.644. The second-order valence-electron chi connectivity index (χ2n) is 7.16. The fraction of sp³-hybridized carbons (Fsp3) is 0.286. The molecule has 0 bridgehead atoms. The summed E-state index contributed by atoms with van der Waals surface area (Å²) in [6.45, 7) is 2.44. The highest BCUT2D eigenvalue weighted by Gasteiger charge is 2.42. The third-order valence-corrected chi connectivity index (χ3v) is 4.99. The molecule has 1 heterocycles. The lowest BCUT2D eigenvalue weighted by atomic mass is 9.87. The number of pyridine rings is 1. The summed E-state index contributed by atoms with van der Waals surface area (Å²) in [5.74, 6) is -4.37. The maximum Gasteiger partial charge on any atom is 0.417 e. The first-order valence-corrected chi connectivity index (χ1v) is 9.20. The van der Waals surface area contributed by atoms with Crippen LogP contribution in [0.2, 0.25) is 0 Å². The summed E-state index contributed by atoms with van der Waals surface area (Å²) in [7, 11) is 0. The van der Waals surface area contributed by atoms with Crippen LogP contribution in [-0.4, -0.2) is 17.1 Å². The van der Waals surface area contributed by atoms with E-state index in [0.717, 1.165) is 31.2 Å². The van der Waals surface area contributed by atoms with Gasteiger partial charge in [0.2, 0.25) is 5.91 Å². The Bertz CT molecular complexity index is 1120. The fourth-order valence-electron chi connectivity index (χ4n) is 3.48. The van der Waals surface area contributed by atoms with Crippen molar-refractivity contribution in [3.05, 3.63) is 80.6 Å². The first kappa shape index (κ1) is 22.6. The van der Waals surface area contributed by atoms with Gasteiger partial charge in [0, 0.05) is 32.2 Å². The van der Waals surface area contributed by atoms with E-state index in [0.29, 0.717) is 12.5 Å². The second-order valence-corrected chi connectivity index (χ2v) is 7.16. The molecule has 3 rings (SSSR count). The van der Waals surface area contributed by atoms with E-state index in [2.05, 4.69) is 10.3 Å². The number of aromatic amines is 1. The van der Waals surface area contributed by atoms with Crippen molar-refractivity contribution in [2.45, 2.75) is 38.2 Å². The lowest BCUT2D eigenvalue weighted by Crippen LogP contribution is -2.36. The summed E-state index contributed by atoms with van der Waals surface area (Å²) >= 11 is 0. The highest BCUT2D eigenvalue weighted by atomic mass is 19.4. The maximum absolute atomic E-state index is 13.9. The molecule has 1 radical (unpaired) electrons. The van der Waals surface area contributed by atoms with E-state index in [1.165, 1.54) is 6.92 Å². The van der Waals surface area contributed by atoms with Crippen LogP contribution in [0.25, 0.3) is 6.08 Å². The van der Waals surface area contributed by atoms with Crippen molar-refractivity contribution in [1.29, 1.82) is 0 Å². The van der Waals surface area contributed by atoms with Crippen molar-refractivity contribution >= 4 is 12.0 Å². The van der Waals surface area contributed by atoms with Crippen molar-refractivity contribution < 1.29 is 34.0 Å². The molecule has 0 aliphatic heterocycles. The Morgan fingerprint density at radius 1 is 1.23 bits per heavy atom. The molecule has 2 N–H and O–H groups in total. The number of H-pyrrole nitrogens is 1. The van der Waals surface area contributed by atoms with Gasteiger partial charge in [0.25, 0.3) is 5.56 Å². The summed E-state index contributed by atoms with van der Waals surface area (Å²) in [6, 6.07) is 1.65. The number of carbonyl (C=O) groups is 1. The van der Waals surface area contributed by atoms with E-state index < -0.39 is 64.1 Å². The van der Waals surface area contributed by atoms with Crippen LogP contribution < -0.4 is 10.9 Å². The molecule has 4 nitrogen and oxygen atoms in total. The third kappa shape index (κ3) is 4.52. The predicted octanol–water partition coefficient (Wildman–Crippen LogP) is 5.06. The van der Waals surface area contributed by atoms with E-state index in [1.54, 1.807) is 0 Å². The molecule has 31 heavy (non-hydrogen) atoms. The van der Waals surface area contributed by atoms with E-state index in [-0.39, 0.29) is 14.1 Å². The van der Waals surface area contributed by atoms with E-state index in [1.807, 2.05) is 0 Å². The third-order valence-electron chi connectivity index (χ3n) is 4.99. The van der Waals surface area contributed by atoms with Gasteiger partial charge in [-0.25, -0.2) is 13.2 Å². The molecular weight excluding hydrogens is 426 g/mol. The number of benzene rings is 1. The Kier molecular flexibility index (Phi) is 6.02. The number of allylic oxidation sites excluding steroid dienone is 1. The zero-order valence-electron chi connectivity index (χ0n) is 16.3. The van der Waals surface area contributed by atoms with Gasteiger partial charge in [0.15, 0.2) is 0 Å². The molecule has 1 amide bonds. The van der Waals surface area contributed by atoms with Gasteiger partial charge in [0.1, 0.15) is 17.8 Å². The summed E-state index contributed by atoms with van der Waals surface area (Å²) in [5.41, 5.74) is -4.30. The van der Waals surface area contributed by atoms with Crippen molar-refractivity contribution in [2.24, 2.45) is 0 Å². The Hall–Kier alpha value is -3.04. The van der Waals surface area contributed by atoms with Gasteiger partial charge in [-0.2, -0.15) is 13.2 Å². The van der Waals surface area contributed by atoms with Crippen LogP contribution in [0.15, 0.2) is 29.1 Å². The number of hydrogen-bond acceptors (Lipinski definition) is 2. The Morgan fingerprint density at radius 3 is 2.52 bits per heavy atom. The van der Waals surface area contributed by atoms with Crippen LogP contribution in [0.1, 0.15) is 56.6 Å². The zero-order chi connectivity index (χ0) is 23.1. The summed E-state index contributed by atoms with van der Waals surface area (Å²) < 4.78 is 82.3. The Labute approximate surface area is 175 Å². The van der Waals surface area contributed by atoms with Crippen molar-refractivity contribution in [1.82, 2.24) is 10.3 Å². The second kappa shape index (κ2) is 8.24. The lowest BCUT2D eigenvalue weighted by Gasteiger charge is -2.25. The SMILES string of the molecule is C[C@H](NC(=O)[C@@H](C)c1c(C(F)(F)F)c2c([nH]c1=O)C=CC(F)[CH]2)c1ccc(F)cc1F.[HH].[HH]. The summed E-state index contributed by atoms with van der Waals surface area (Å²) in [4.78, 5) is 27.3. The number of fused-ring (bicyclic) bond motifs is 1. The molecule has 0 saturated carbocycles. The highest BCUT2D eigenvalue weighted by Crippen LogP contribution is 2.40. The van der Waals surface area contributed by atoms with Crippen molar-refractivity contribution in [2.75, 3.05) is 0 Å². The number of rotatable bonds is 4. The molecule has 0 saturated heterocycles. The van der Waals surface area contributed by atoms with Crippen molar-refractivity contribution in [3.8, 4) is 0 Å². The average molecular weight is 447 g/mol. The molecule has 3 atom stereocenters. The summed E-state index contributed by atoms with van der Waals surface area (Å²) in [6.07, 6.45) is -4.12. The molecule has 169 valence electrons. The van der Waals surface area contributed by atoms with Crippen molar-refractivity contribution in [3.63, 3.8) is 0 Å². The van der Waals surface area contributed by atoms with Crippen LogP contribution in [0, 0.1) is 18.1 Å². The van der Waals surface area contributed by atoms with E-state index >= 15 is 0 Å². The van der Waals surface area contributed by atoms with E-state index in [4.69, 9.17) is 0 Å². The lowest BCUT2D eigenvalue weighted by molar-refractivity contribution is -0.139. The number of alkyl halides is 4. The molecule has 10 heteroatoms. The molecule has 1 aliphatic rings. The van der Waals surface area contributed by atoms with Crippen LogP contribution >= 0.6 is 0 Å². The van der Waals surface area contributed by atoms with Gasteiger partial charge < -0.3 is 10.3 Å². The Morgan fingerprint density at radius 2 is 1.90 bits per heavy atom. The van der Waals surface area contributed by atoms with E-state index in [9.17, 15) is 35.9 Å². The minimum atomic E-state index is -5.04. The first-order valence-electron chi connectivity index (χ1n) is 9.20. The van der Waals surface area contributed by atoms with Gasteiger partial charge >= 0.3 is 6.18 Å². The number of carbonyl (C=O) groups excluding carboxylic acids is 1. The molecular formula is C21H21F6N2O2. The van der Waals surface area contributed by atoms with Gasteiger partial charge in [-0.05, 0) is 37.6 Å². The summed E-state index contributed by atoms with van der Waals surface area (Å²) in [5, 5.41) is 2.33. The average Bonchev–Trinajstić information content (AvgIpc) is 2.65. The van der Waals surface area contributed by atoms with Gasteiger partial charge in [-0.1, -0.05) is 6.07 Å². The monoisotopic (exact) mass is 447 g/mol. The maximum atomic E-state index is 13.9. The van der Waals surface area contributed by atoms with Crippen LogP contribution in [0.3, 0.4) is 0 Å². The molecule has 1 aromatic carbocycles. The highest BCUT2D eigenvalue weighted by molar-refractivity contribution is 5.84. The van der Waals surface area contributed by atoms with Crippen LogP contribution in [-0.2, 0) is 11.0 Å². The minimum absolute atomic E-state index is 0. The molecule has 1 aromatic heterocycles. The molecule has 2 aromatic rings. The normalized spacial score (nSPS) is 17.7. The Balaban J connectivity index is 0.00000272. The smallest absolute Gasteiger partial charge is 0.349 e. The largest absolute Gasteiger partial charge is 0.417 e. The number of aromatic nitrogens is 1. The van der Waals surface area contributed by atoms with Gasteiger partial charge in [0.05, 0.1) is 17.5 Å². The van der Waals surface area contributed by atoms with Crippen LogP contribution in [0.5, 0.6) is 0 Å². The topological polar surface area (TPSA) is 62.0 Å². The first-order chi connectivity index (χ1) is 14.4. The molecule has 1 aliphatic carbocycles. The minimum Gasteiger partial charge on any atom is -0.349 e. The number of amides is 1. The number of hydrogen-bond donors (Lipinski definition) is 2. The standard InChI is InChI=1S/C21H17F6N2O2.2H2/c1-9(19(30)28-10(2)13-5-3-12(23)8-15(13)24)17-18(21(25,26)27)14-7-11(22)4-6-16(14)29-20(17)31;;/h3-11H,1-2H3,(H,28,30)(H,29,31);2*1H/t9-,10-,11?;;/m0../s1. The van der Waals surface area contributed by atoms with Gasteiger partial charge in [-0.3, -0.25) is 9.59 Å². The van der Waals surface area contributed by atoms with Gasteiger partial charge in [-0.15, -0.1) is 0 Å². The molecule has 0 fully saturated rings.